The number of carbonyl (C=O) groups excluding carboxylic acids is 1. The SMILES string of the molecule is CCCn1ncnc1CC(=O)C1(CCC)CCCNC1. The fraction of sp³-hybridized carbons (Fsp3) is 0.800. The lowest BCUT2D eigenvalue weighted by Crippen LogP contribution is -2.46. The number of rotatable bonds is 7. The molecule has 20 heavy (non-hydrogen) atoms. The van der Waals surface area contributed by atoms with Gasteiger partial charge in [-0.05, 0) is 32.2 Å². The van der Waals surface area contributed by atoms with Crippen LogP contribution < -0.4 is 5.32 Å². The van der Waals surface area contributed by atoms with Crippen LogP contribution in [0.5, 0.6) is 0 Å². The summed E-state index contributed by atoms with van der Waals surface area (Å²) in [5.74, 6) is 1.15. The Morgan fingerprint density at radius 2 is 2.30 bits per heavy atom. The van der Waals surface area contributed by atoms with Gasteiger partial charge in [-0.3, -0.25) is 4.79 Å². The van der Waals surface area contributed by atoms with E-state index in [0.717, 1.165) is 57.6 Å². The minimum atomic E-state index is -0.185. The van der Waals surface area contributed by atoms with Crippen LogP contribution in [0, 0.1) is 5.41 Å². The van der Waals surface area contributed by atoms with Crippen molar-refractivity contribution in [3.05, 3.63) is 12.2 Å². The molecular formula is C15H26N4O. The Morgan fingerprint density at radius 1 is 1.45 bits per heavy atom. The van der Waals surface area contributed by atoms with Crippen molar-refractivity contribution in [1.29, 1.82) is 0 Å². The van der Waals surface area contributed by atoms with E-state index in [1.165, 1.54) is 0 Å². The van der Waals surface area contributed by atoms with Gasteiger partial charge in [0.2, 0.25) is 0 Å². The van der Waals surface area contributed by atoms with Crippen LogP contribution in [-0.2, 0) is 17.8 Å². The van der Waals surface area contributed by atoms with Crippen LogP contribution in [-0.4, -0.2) is 33.6 Å². The van der Waals surface area contributed by atoms with Gasteiger partial charge in [-0.2, -0.15) is 5.10 Å². The van der Waals surface area contributed by atoms with E-state index >= 15 is 0 Å². The first-order valence-electron chi connectivity index (χ1n) is 7.82. The summed E-state index contributed by atoms with van der Waals surface area (Å²) < 4.78 is 1.87. The monoisotopic (exact) mass is 278 g/mol. The second kappa shape index (κ2) is 6.97. The van der Waals surface area contributed by atoms with E-state index in [1.54, 1.807) is 6.33 Å². The highest BCUT2D eigenvalue weighted by atomic mass is 16.1. The molecule has 1 atom stereocenters. The number of Topliss-reactive ketones (excluding diaryl/α,β-unsaturated/α-hetero) is 1. The van der Waals surface area contributed by atoms with Gasteiger partial charge in [0.25, 0.3) is 0 Å². The maximum atomic E-state index is 12.8. The third kappa shape index (κ3) is 3.26. The Bertz CT molecular complexity index is 429. The van der Waals surface area contributed by atoms with Crippen LogP contribution in [0.3, 0.4) is 0 Å². The number of carbonyl (C=O) groups is 1. The van der Waals surface area contributed by atoms with Gasteiger partial charge in [0, 0.05) is 18.5 Å². The molecular weight excluding hydrogens is 252 g/mol. The first-order chi connectivity index (χ1) is 9.72. The Hall–Kier alpha value is -1.23. The molecule has 0 amide bonds. The van der Waals surface area contributed by atoms with Crippen molar-refractivity contribution in [3.63, 3.8) is 0 Å². The standard InChI is InChI=1S/C15H26N4O/c1-3-6-15(7-5-8-16-11-15)13(20)10-14-17-12-18-19(14)9-4-2/h12,16H,3-11H2,1-2H3. The molecule has 1 aliphatic rings. The molecule has 0 bridgehead atoms. The minimum Gasteiger partial charge on any atom is -0.316 e. The molecule has 5 heteroatoms. The fourth-order valence-corrected chi connectivity index (χ4v) is 3.19. The van der Waals surface area contributed by atoms with Crippen LogP contribution >= 0.6 is 0 Å². The van der Waals surface area contributed by atoms with Crippen molar-refractivity contribution in [2.75, 3.05) is 13.1 Å². The Morgan fingerprint density at radius 3 is 2.95 bits per heavy atom. The number of ketones is 1. The molecule has 1 N–H and O–H groups in total. The van der Waals surface area contributed by atoms with Crippen molar-refractivity contribution in [2.24, 2.45) is 5.41 Å². The Balaban J connectivity index is 2.09. The summed E-state index contributed by atoms with van der Waals surface area (Å²) >= 11 is 0. The molecule has 5 nitrogen and oxygen atoms in total. The fourth-order valence-electron chi connectivity index (χ4n) is 3.19. The van der Waals surface area contributed by atoms with Crippen molar-refractivity contribution in [3.8, 4) is 0 Å². The number of nitrogens with zero attached hydrogens (tertiary/aromatic N) is 3. The molecule has 0 radical (unpaired) electrons. The highest BCUT2D eigenvalue weighted by Gasteiger charge is 2.38. The Kier molecular flexibility index (Phi) is 5.29. The zero-order valence-corrected chi connectivity index (χ0v) is 12.7. The average Bonchev–Trinajstić information content (AvgIpc) is 2.88. The maximum absolute atomic E-state index is 12.8. The lowest BCUT2D eigenvalue weighted by Gasteiger charge is -2.36. The number of piperidine rings is 1. The summed E-state index contributed by atoms with van der Waals surface area (Å²) in [7, 11) is 0. The quantitative estimate of drug-likeness (QED) is 0.828. The van der Waals surface area contributed by atoms with E-state index in [-0.39, 0.29) is 5.41 Å². The zero-order valence-electron chi connectivity index (χ0n) is 12.7. The van der Waals surface area contributed by atoms with Gasteiger partial charge >= 0.3 is 0 Å². The second-order valence-corrected chi connectivity index (χ2v) is 5.81. The summed E-state index contributed by atoms with van der Waals surface area (Å²) in [5.41, 5.74) is -0.185. The number of hydrogen-bond donors (Lipinski definition) is 1. The summed E-state index contributed by atoms with van der Waals surface area (Å²) in [6.45, 7) is 6.95. The summed E-state index contributed by atoms with van der Waals surface area (Å²) in [5, 5.41) is 7.61. The van der Waals surface area contributed by atoms with Gasteiger partial charge in [-0.1, -0.05) is 20.3 Å². The number of nitrogens with one attached hydrogen (secondary N) is 1. The van der Waals surface area contributed by atoms with E-state index in [0.29, 0.717) is 12.2 Å². The molecule has 2 heterocycles. The van der Waals surface area contributed by atoms with E-state index < -0.39 is 0 Å². The summed E-state index contributed by atoms with van der Waals surface area (Å²) in [4.78, 5) is 17.1. The third-order valence-corrected chi connectivity index (χ3v) is 4.24. The zero-order chi connectivity index (χ0) is 14.4. The molecule has 1 aromatic heterocycles. The molecule has 1 unspecified atom stereocenters. The normalized spacial score (nSPS) is 22.9. The molecule has 1 fully saturated rings. The molecule has 0 saturated carbocycles. The minimum absolute atomic E-state index is 0.185. The van der Waals surface area contributed by atoms with Gasteiger partial charge in [0.15, 0.2) is 0 Å². The van der Waals surface area contributed by atoms with E-state index in [4.69, 9.17) is 0 Å². The largest absolute Gasteiger partial charge is 0.316 e. The van der Waals surface area contributed by atoms with Gasteiger partial charge in [0.1, 0.15) is 17.9 Å². The highest BCUT2D eigenvalue weighted by Crippen LogP contribution is 2.33. The average molecular weight is 278 g/mol. The lowest BCUT2D eigenvalue weighted by molar-refractivity contribution is -0.129. The van der Waals surface area contributed by atoms with E-state index in [2.05, 4.69) is 29.2 Å². The van der Waals surface area contributed by atoms with Crippen molar-refractivity contribution >= 4 is 5.78 Å². The molecule has 112 valence electrons. The lowest BCUT2D eigenvalue weighted by atomic mass is 9.72. The van der Waals surface area contributed by atoms with Crippen LogP contribution in [0.4, 0.5) is 0 Å². The van der Waals surface area contributed by atoms with Gasteiger partial charge in [-0.15, -0.1) is 0 Å². The van der Waals surface area contributed by atoms with E-state index in [1.807, 2.05) is 4.68 Å². The van der Waals surface area contributed by atoms with Gasteiger partial charge in [0.05, 0.1) is 6.42 Å². The molecule has 1 aromatic rings. The molecule has 1 saturated heterocycles. The van der Waals surface area contributed by atoms with Crippen LogP contribution in [0.1, 0.15) is 51.8 Å². The first kappa shape index (κ1) is 15.2. The Labute approximate surface area is 121 Å². The second-order valence-electron chi connectivity index (χ2n) is 5.81. The van der Waals surface area contributed by atoms with Crippen molar-refractivity contribution in [1.82, 2.24) is 20.1 Å². The predicted molar refractivity (Wildman–Crippen MR) is 78.5 cm³/mol. The molecule has 0 spiro atoms. The molecule has 1 aliphatic heterocycles. The van der Waals surface area contributed by atoms with Gasteiger partial charge < -0.3 is 5.32 Å². The predicted octanol–water partition coefficient (Wildman–Crippen LogP) is 1.97. The topological polar surface area (TPSA) is 59.8 Å². The number of aromatic nitrogens is 3. The number of hydrogen-bond acceptors (Lipinski definition) is 4. The molecule has 2 rings (SSSR count). The van der Waals surface area contributed by atoms with Crippen molar-refractivity contribution < 1.29 is 4.79 Å². The van der Waals surface area contributed by atoms with Crippen LogP contribution in [0.25, 0.3) is 0 Å². The van der Waals surface area contributed by atoms with Gasteiger partial charge in [-0.25, -0.2) is 9.67 Å². The third-order valence-electron chi connectivity index (χ3n) is 4.24. The highest BCUT2D eigenvalue weighted by molar-refractivity contribution is 5.86. The first-order valence-corrected chi connectivity index (χ1v) is 7.82. The van der Waals surface area contributed by atoms with Crippen LogP contribution in [0.15, 0.2) is 6.33 Å². The smallest absolute Gasteiger partial charge is 0.147 e. The van der Waals surface area contributed by atoms with Crippen LogP contribution in [0.2, 0.25) is 0 Å². The number of aryl methyl sites for hydroxylation is 1. The maximum Gasteiger partial charge on any atom is 0.147 e. The summed E-state index contributed by atoms with van der Waals surface area (Å²) in [6, 6.07) is 0. The summed E-state index contributed by atoms with van der Waals surface area (Å²) in [6.07, 6.45) is 7.11. The van der Waals surface area contributed by atoms with E-state index in [9.17, 15) is 4.79 Å². The molecule has 0 aliphatic carbocycles. The van der Waals surface area contributed by atoms with Crippen molar-refractivity contribution in [2.45, 2.75) is 58.9 Å². The molecule has 0 aromatic carbocycles.